The molecule has 0 radical (unpaired) electrons. The second-order valence-electron chi connectivity index (χ2n) is 7.58. The van der Waals surface area contributed by atoms with Gasteiger partial charge in [0.2, 0.25) is 5.91 Å². The first kappa shape index (κ1) is 24.0. The van der Waals surface area contributed by atoms with Crippen LogP contribution in [0.5, 0.6) is 0 Å². The summed E-state index contributed by atoms with van der Waals surface area (Å²) in [6, 6.07) is 19.3. The highest BCUT2D eigenvalue weighted by molar-refractivity contribution is 9.10. The highest BCUT2D eigenvalue weighted by Crippen LogP contribution is 2.34. The predicted molar refractivity (Wildman–Crippen MR) is 138 cm³/mol. The average molecular weight is 559 g/mol. The third-order valence-electron chi connectivity index (χ3n) is 5.20. The van der Waals surface area contributed by atoms with Crippen molar-refractivity contribution in [3.05, 3.63) is 98.1 Å². The summed E-state index contributed by atoms with van der Waals surface area (Å²) in [6.07, 6.45) is 0.176. The van der Waals surface area contributed by atoms with Crippen molar-refractivity contribution in [2.75, 3.05) is 15.5 Å². The SMILES string of the molecule is Cc1c(Cl)cccc1N1C(=O)C(Cl)=C(Nc2ccc(CC(=O)Nc3cccc(Br)c3)cc2)C1=O. The number of halogens is 3. The molecule has 0 saturated carbocycles. The first-order valence-corrected chi connectivity index (χ1v) is 11.7. The first-order valence-electron chi connectivity index (χ1n) is 10.2. The van der Waals surface area contributed by atoms with Crippen LogP contribution in [0.1, 0.15) is 11.1 Å². The third-order valence-corrected chi connectivity index (χ3v) is 6.46. The molecule has 1 aliphatic rings. The van der Waals surface area contributed by atoms with Crippen molar-refractivity contribution in [1.82, 2.24) is 0 Å². The second kappa shape index (κ2) is 10.0. The number of benzene rings is 3. The van der Waals surface area contributed by atoms with Crippen molar-refractivity contribution >= 4 is 73.9 Å². The van der Waals surface area contributed by atoms with Crippen LogP contribution in [0.3, 0.4) is 0 Å². The normalized spacial score (nSPS) is 13.5. The summed E-state index contributed by atoms with van der Waals surface area (Å²) in [6.45, 7) is 1.73. The molecule has 0 aromatic heterocycles. The second-order valence-corrected chi connectivity index (χ2v) is 9.28. The van der Waals surface area contributed by atoms with E-state index < -0.39 is 11.8 Å². The number of nitrogens with one attached hydrogen (secondary N) is 2. The van der Waals surface area contributed by atoms with E-state index in [9.17, 15) is 14.4 Å². The quantitative estimate of drug-likeness (QED) is 0.362. The Bertz CT molecular complexity index is 1340. The van der Waals surface area contributed by atoms with Gasteiger partial charge in [0.05, 0.1) is 12.1 Å². The molecule has 9 heteroatoms. The molecule has 1 heterocycles. The van der Waals surface area contributed by atoms with Crippen LogP contribution in [0.2, 0.25) is 5.02 Å². The summed E-state index contributed by atoms with van der Waals surface area (Å²) in [5.74, 6) is -1.35. The summed E-state index contributed by atoms with van der Waals surface area (Å²) < 4.78 is 0.873. The van der Waals surface area contributed by atoms with Gasteiger partial charge in [0.25, 0.3) is 11.8 Å². The Hall–Kier alpha value is -3.13. The van der Waals surface area contributed by atoms with Crippen molar-refractivity contribution in [3.63, 3.8) is 0 Å². The van der Waals surface area contributed by atoms with Crippen LogP contribution < -0.4 is 15.5 Å². The smallest absolute Gasteiger partial charge is 0.283 e. The fraction of sp³-hybridized carbons (Fsp3) is 0.0800. The number of amides is 3. The zero-order valence-electron chi connectivity index (χ0n) is 17.9. The lowest BCUT2D eigenvalue weighted by Gasteiger charge is -2.18. The lowest BCUT2D eigenvalue weighted by atomic mass is 10.1. The number of carbonyl (C=O) groups is 3. The number of rotatable bonds is 6. The molecular formula is C25H18BrCl2N3O3. The Balaban J connectivity index is 1.44. The maximum Gasteiger partial charge on any atom is 0.283 e. The lowest BCUT2D eigenvalue weighted by Crippen LogP contribution is -2.32. The minimum absolute atomic E-state index is 0.0220. The van der Waals surface area contributed by atoms with E-state index in [0.29, 0.717) is 27.6 Å². The van der Waals surface area contributed by atoms with E-state index in [2.05, 4.69) is 26.6 Å². The van der Waals surface area contributed by atoms with Gasteiger partial charge in [-0.05, 0) is 60.5 Å². The van der Waals surface area contributed by atoms with Crippen LogP contribution in [0.15, 0.2) is 81.9 Å². The average Bonchev–Trinajstić information content (AvgIpc) is 3.00. The molecule has 0 unspecified atom stereocenters. The summed E-state index contributed by atoms with van der Waals surface area (Å²) in [7, 11) is 0. The molecular weight excluding hydrogens is 541 g/mol. The third kappa shape index (κ3) is 5.01. The number of carbonyl (C=O) groups excluding carboxylic acids is 3. The Morgan fingerprint density at radius 3 is 2.35 bits per heavy atom. The standard InChI is InChI=1S/C25H18BrCl2N3O3/c1-14-19(27)6-3-7-20(14)31-24(33)22(28)23(25(31)34)30-17-10-8-15(9-11-17)12-21(32)29-18-5-2-4-16(26)13-18/h2-11,13,30H,12H2,1H3,(H,29,32). The van der Waals surface area contributed by atoms with E-state index in [4.69, 9.17) is 23.2 Å². The fourth-order valence-electron chi connectivity index (χ4n) is 3.48. The van der Waals surface area contributed by atoms with Gasteiger partial charge in [0, 0.05) is 20.9 Å². The van der Waals surface area contributed by atoms with Crippen LogP contribution in [-0.2, 0) is 20.8 Å². The number of anilines is 3. The molecule has 2 N–H and O–H groups in total. The van der Waals surface area contributed by atoms with Crippen molar-refractivity contribution in [2.45, 2.75) is 13.3 Å². The number of hydrogen-bond donors (Lipinski definition) is 2. The van der Waals surface area contributed by atoms with Gasteiger partial charge in [-0.25, -0.2) is 4.90 Å². The van der Waals surface area contributed by atoms with Crippen LogP contribution in [0.4, 0.5) is 17.1 Å². The summed E-state index contributed by atoms with van der Waals surface area (Å²) in [4.78, 5) is 39.1. The minimum atomic E-state index is -0.625. The van der Waals surface area contributed by atoms with Crippen LogP contribution in [-0.4, -0.2) is 17.7 Å². The molecule has 0 spiro atoms. The van der Waals surface area contributed by atoms with Crippen LogP contribution in [0.25, 0.3) is 0 Å². The van der Waals surface area contributed by atoms with Gasteiger partial charge < -0.3 is 10.6 Å². The van der Waals surface area contributed by atoms with Crippen molar-refractivity contribution in [2.24, 2.45) is 0 Å². The summed E-state index contributed by atoms with van der Waals surface area (Å²) >= 11 is 15.7. The highest BCUT2D eigenvalue weighted by atomic mass is 79.9. The van der Waals surface area contributed by atoms with Crippen molar-refractivity contribution < 1.29 is 14.4 Å². The fourth-order valence-corrected chi connectivity index (χ4v) is 4.26. The van der Waals surface area contributed by atoms with Crippen molar-refractivity contribution in [3.8, 4) is 0 Å². The van der Waals surface area contributed by atoms with E-state index in [-0.39, 0.29) is 23.1 Å². The van der Waals surface area contributed by atoms with Gasteiger partial charge in [0.15, 0.2) is 0 Å². The lowest BCUT2D eigenvalue weighted by molar-refractivity contribution is -0.120. The molecule has 6 nitrogen and oxygen atoms in total. The van der Waals surface area contributed by atoms with Crippen molar-refractivity contribution in [1.29, 1.82) is 0 Å². The molecule has 0 atom stereocenters. The monoisotopic (exact) mass is 557 g/mol. The highest BCUT2D eigenvalue weighted by Gasteiger charge is 2.39. The van der Waals surface area contributed by atoms with E-state index in [1.54, 1.807) is 55.5 Å². The number of nitrogens with zero attached hydrogens (tertiary/aromatic N) is 1. The van der Waals surface area contributed by atoms with Gasteiger partial charge in [-0.2, -0.15) is 0 Å². The van der Waals surface area contributed by atoms with Gasteiger partial charge in [-0.15, -0.1) is 0 Å². The van der Waals surface area contributed by atoms with Crippen LogP contribution in [0, 0.1) is 6.92 Å². The number of imide groups is 1. The molecule has 3 aromatic rings. The maximum atomic E-state index is 13.0. The molecule has 1 aliphatic heterocycles. The Labute approximate surface area is 214 Å². The van der Waals surface area contributed by atoms with E-state index in [1.165, 1.54) is 0 Å². The Morgan fingerprint density at radius 1 is 0.941 bits per heavy atom. The first-order chi connectivity index (χ1) is 16.2. The predicted octanol–water partition coefficient (Wildman–Crippen LogP) is 6.03. The molecule has 0 aliphatic carbocycles. The largest absolute Gasteiger partial charge is 0.350 e. The molecule has 3 amide bonds. The Morgan fingerprint density at radius 2 is 1.65 bits per heavy atom. The summed E-state index contributed by atoms with van der Waals surface area (Å²) in [5, 5.41) is 6.00. The van der Waals surface area contributed by atoms with Crippen LogP contribution >= 0.6 is 39.1 Å². The zero-order valence-corrected chi connectivity index (χ0v) is 21.0. The van der Waals surface area contributed by atoms with Gasteiger partial charge in [-0.3, -0.25) is 14.4 Å². The molecule has 0 bridgehead atoms. The van der Waals surface area contributed by atoms with E-state index in [1.807, 2.05) is 18.2 Å². The van der Waals surface area contributed by atoms with E-state index in [0.717, 1.165) is 14.9 Å². The zero-order chi connectivity index (χ0) is 24.4. The molecule has 34 heavy (non-hydrogen) atoms. The van der Waals surface area contributed by atoms with Gasteiger partial charge in [0.1, 0.15) is 10.7 Å². The minimum Gasteiger partial charge on any atom is -0.350 e. The van der Waals surface area contributed by atoms with Gasteiger partial charge >= 0.3 is 0 Å². The summed E-state index contributed by atoms with van der Waals surface area (Å²) in [5.41, 5.74) is 2.99. The molecule has 0 fully saturated rings. The topological polar surface area (TPSA) is 78.5 Å². The van der Waals surface area contributed by atoms with Gasteiger partial charge in [-0.1, -0.05) is 63.4 Å². The molecule has 4 rings (SSSR count). The maximum absolute atomic E-state index is 13.0. The van der Waals surface area contributed by atoms with E-state index >= 15 is 0 Å². The Kier molecular flexibility index (Phi) is 7.07. The molecule has 3 aromatic carbocycles. The molecule has 0 saturated heterocycles. The molecule has 172 valence electrons. The number of hydrogen-bond acceptors (Lipinski definition) is 4.